The van der Waals surface area contributed by atoms with Crippen molar-refractivity contribution < 1.29 is 0 Å². The van der Waals surface area contributed by atoms with Gasteiger partial charge in [-0.25, -0.2) is 0 Å². The lowest BCUT2D eigenvalue weighted by Gasteiger charge is -2.36. The molecule has 0 aromatic heterocycles. The van der Waals surface area contributed by atoms with Gasteiger partial charge in [0.05, 0.1) is 6.04 Å². The highest BCUT2D eigenvalue weighted by molar-refractivity contribution is 8.07. The third kappa shape index (κ3) is 3.44. The van der Waals surface area contributed by atoms with Crippen molar-refractivity contribution >= 4 is 23.5 Å². The predicted molar refractivity (Wildman–Crippen MR) is 95.9 cm³/mol. The van der Waals surface area contributed by atoms with Crippen molar-refractivity contribution in [2.24, 2.45) is 5.84 Å². The van der Waals surface area contributed by atoms with Gasteiger partial charge < -0.3 is 0 Å². The van der Waals surface area contributed by atoms with Crippen LogP contribution in [-0.2, 0) is 0 Å². The Morgan fingerprint density at radius 1 is 1.24 bits per heavy atom. The van der Waals surface area contributed by atoms with Crippen molar-refractivity contribution in [2.45, 2.75) is 60.8 Å². The highest BCUT2D eigenvalue weighted by atomic mass is 32.2. The molecule has 21 heavy (non-hydrogen) atoms. The molecule has 2 aliphatic rings. The topological polar surface area (TPSA) is 38.0 Å². The lowest BCUT2D eigenvalue weighted by Crippen LogP contribution is -2.40. The molecule has 1 aliphatic carbocycles. The van der Waals surface area contributed by atoms with Crippen LogP contribution in [0, 0.1) is 0 Å². The summed E-state index contributed by atoms with van der Waals surface area (Å²) in [6.45, 7) is 4.67. The van der Waals surface area contributed by atoms with Gasteiger partial charge in [-0.3, -0.25) is 11.3 Å². The molecule has 1 aliphatic heterocycles. The number of rotatable bonds is 4. The summed E-state index contributed by atoms with van der Waals surface area (Å²) >= 11 is 4.18. The fourth-order valence-corrected chi connectivity index (χ4v) is 6.25. The maximum absolute atomic E-state index is 5.92. The van der Waals surface area contributed by atoms with Gasteiger partial charge in [0.15, 0.2) is 0 Å². The van der Waals surface area contributed by atoms with E-state index in [-0.39, 0.29) is 6.04 Å². The van der Waals surface area contributed by atoms with E-state index in [0.717, 1.165) is 11.2 Å². The molecule has 1 heterocycles. The van der Waals surface area contributed by atoms with E-state index in [1.54, 1.807) is 0 Å². The quantitative estimate of drug-likeness (QED) is 0.647. The molecule has 2 fully saturated rings. The van der Waals surface area contributed by atoms with Crippen LogP contribution in [0.25, 0.3) is 0 Å². The van der Waals surface area contributed by atoms with Crippen LogP contribution >= 0.6 is 23.5 Å². The van der Waals surface area contributed by atoms with Crippen molar-refractivity contribution in [3.63, 3.8) is 0 Å². The SMILES string of the molecule is CC1SCC(C(NN)c2cccc(C3CCC3)c2)SC1C. The van der Waals surface area contributed by atoms with Crippen molar-refractivity contribution in [1.29, 1.82) is 0 Å². The van der Waals surface area contributed by atoms with Crippen LogP contribution in [0.2, 0.25) is 0 Å². The Labute approximate surface area is 137 Å². The van der Waals surface area contributed by atoms with Crippen LogP contribution in [0.1, 0.15) is 56.2 Å². The van der Waals surface area contributed by atoms with Crippen LogP contribution in [0.3, 0.4) is 0 Å². The molecular formula is C17H26N2S2. The van der Waals surface area contributed by atoms with E-state index in [9.17, 15) is 0 Å². The Kier molecular flexibility index (Phi) is 5.20. The molecule has 4 unspecified atom stereocenters. The van der Waals surface area contributed by atoms with E-state index >= 15 is 0 Å². The maximum atomic E-state index is 5.92. The number of hydrogen-bond acceptors (Lipinski definition) is 4. The standard InChI is InChI=1S/C17H26N2S2/c1-11-12(2)21-16(10-20-11)17(19-18)15-8-4-7-14(9-15)13-5-3-6-13/h4,7-9,11-13,16-17,19H,3,5-6,10,18H2,1-2H3. The monoisotopic (exact) mass is 322 g/mol. The zero-order valence-corrected chi connectivity index (χ0v) is 14.6. The van der Waals surface area contributed by atoms with E-state index in [1.165, 1.54) is 36.1 Å². The minimum Gasteiger partial charge on any atom is -0.271 e. The lowest BCUT2D eigenvalue weighted by atomic mass is 9.79. The fourth-order valence-electron chi connectivity index (χ4n) is 3.15. The van der Waals surface area contributed by atoms with Gasteiger partial charge in [-0.15, -0.1) is 0 Å². The first-order valence-electron chi connectivity index (χ1n) is 8.02. The van der Waals surface area contributed by atoms with Crippen molar-refractivity contribution in [3.05, 3.63) is 35.4 Å². The smallest absolute Gasteiger partial charge is 0.0586 e. The summed E-state index contributed by atoms with van der Waals surface area (Å²) in [5, 5.41) is 1.99. The molecule has 1 saturated carbocycles. The molecule has 0 radical (unpaired) electrons. The lowest BCUT2D eigenvalue weighted by molar-refractivity contribution is 0.419. The van der Waals surface area contributed by atoms with Crippen LogP contribution in [0.15, 0.2) is 24.3 Å². The molecule has 1 aromatic rings. The number of thioether (sulfide) groups is 2. The zero-order chi connectivity index (χ0) is 14.8. The van der Waals surface area contributed by atoms with Gasteiger partial charge in [-0.05, 0) is 29.9 Å². The summed E-state index contributed by atoms with van der Waals surface area (Å²) in [4.78, 5) is 0. The third-order valence-corrected chi connectivity index (χ3v) is 8.47. The first-order chi connectivity index (χ1) is 10.2. The first-order valence-corrected chi connectivity index (χ1v) is 10.0. The molecule has 2 nitrogen and oxygen atoms in total. The molecular weight excluding hydrogens is 296 g/mol. The van der Waals surface area contributed by atoms with Gasteiger partial charge in [0.1, 0.15) is 0 Å². The average molecular weight is 323 g/mol. The molecule has 0 spiro atoms. The minimum absolute atomic E-state index is 0.262. The first kappa shape index (κ1) is 15.7. The number of benzene rings is 1. The highest BCUT2D eigenvalue weighted by Crippen LogP contribution is 2.42. The van der Waals surface area contributed by atoms with E-state index in [1.807, 2.05) is 0 Å². The Balaban J connectivity index is 1.76. The molecule has 3 N–H and O–H groups in total. The molecule has 0 amide bonds. The fraction of sp³-hybridized carbons (Fsp3) is 0.647. The summed E-state index contributed by atoms with van der Waals surface area (Å²) in [5.41, 5.74) is 5.96. The Hall–Kier alpha value is -0.160. The maximum Gasteiger partial charge on any atom is 0.0586 e. The largest absolute Gasteiger partial charge is 0.271 e. The molecule has 4 heteroatoms. The highest BCUT2D eigenvalue weighted by Gasteiger charge is 2.32. The molecule has 1 aromatic carbocycles. The number of nitrogens with two attached hydrogens (primary N) is 1. The zero-order valence-electron chi connectivity index (χ0n) is 12.9. The van der Waals surface area contributed by atoms with Gasteiger partial charge in [0.2, 0.25) is 0 Å². The summed E-state index contributed by atoms with van der Waals surface area (Å²) in [6, 6.07) is 9.38. The van der Waals surface area contributed by atoms with E-state index in [4.69, 9.17) is 5.84 Å². The number of hydrogen-bond donors (Lipinski definition) is 2. The van der Waals surface area contributed by atoms with Crippen molar-refractivity contribution in [1.82, 2.24) is 5.43 Å². The third-order valence-electron chi connectivity index (χ3n) is 4.97. The summed E-state index contributed by atoms with van der Waals surface area (Å²) in [6.07, 6.45) is 4.09. The molecule has 116 valence electrons. The van der Waals surface area contributed by atoms with Crippen LogP contribution in [-0.4, -0.2) is 21.5 Å². The van der Waals surface area contributed by atoms with Gasteiger partial charge in [0, 0.05) is 21.5 Å². The molecule has 1 saturated heterocycles. The van der Waals surface area contributed by atoms with Crippen LogP contribution in [0.4, 0.5) is 0 Å². The van der Waals surface area contributed by atoms with Crippen LogP contribution < -0.4 is 11.3 Å². The van der Waals surface area contributed by atoms with Crippen molar-refractivity contribution in [3.8, 4) is 0 Å². The number of nitrogens with one attached hydrogen (secondary N) is 1. The molecule has 3 rings (SSSR count). The van der Waals surface area contributed by atoms with Gasteiger partial charge in [-0.2, -0.15) is 23.5 Å². The normalized spacial score (nSPS) is 31.7. The Morgan fingerprint density at radius 2 is 2.05 bits per heavy atom. The van der Waals surface area contributed by atoms with Crippen LogP contribution in [0.5, 0.6) is 0 Å². The summed E-state index contributed by atoms with van der Waals surface area (Å²) < 4.78 is 0. The predicted octanol–water partition coefficient (Wildman–Crippen LogP) is 4.08. The van der Waals surface area contributed by atoms with Gasteiger partial charge in [-0.1, -0.05) is 44.5 Å². The Bertz CT molecular complexity index is 476. The average Bonchev–Trinajstić information content (AvgIpc) is 2.42. The molecule has 0 bridgehead atoms. The second-order valence-electron chi connectivity index (χ2n) is 6.36. The van der Waals surface area contributed by atoms with Crippen molar-refractivity contribution in [2.75, 3.05) is 5.75 Å². The summed E-state index contributed by atoms with van der Waals surface area (Å²) in [5.74, 6) is 7.88. The molecule has 4 atom stereocenters. The number of hydrazine groups is 1. The van der Waals surface area contributed by atoms with Gasteiger partial charge in [0.25, 0.3) is 0 Å². The van der Waals surface area contributed by atoms with E-state index < -0.39 is 0 Å². The van der Waals surface area contributed by atoms with E-state index in [2.05, 4.69) is 67.1 Å². The van der Waals surface area contributed by atoms with E-state index in [0.29, 0.717) is 10.5 Å². The second-order valence-corrected chi connectivity index (χ2v) is 9.39. The minimum atomic E-state index is 0.262. The Morgan fingerprint density at radius 3 is 2.67 bits per heavy atom. The summed E-state index contributed by atoms with van der Waals surface area (Å²) in [7, 11) is 0. The van der Waals surface area contributed by atoms with Gasteiger partial charge >= 0.3 is 0 Å². The second kappa shape index (κ2) is 6.95.